The van der Waals surface area contributed by atoms with Crippen LogP contribution in [0, 0.1) is 6.92 Å². The Kier molecular flexibility index (Phi) is 4.72. The molecule has 2 heterocycles. The molecule has 0 bridgehead atoms. The molecule has 1 aromatic carbocycles. The summed E-state index contributed by atoms with van der Waals surface area (Å²) in [5.41, 5.74) is 3.74. The Hall–Kier alpha value is -2.27. The molecule has 1 fully saturated rings. The van der Waals surface area contributed by atoms with Crippen LogP contribution in [0.3, 0.4) is 0 Å². The van der Waals surface area contributed by atoms with Gasteiger partial charge in [0.05, 0.1) is 17.0 Å². The minimum Gasteiger partial charge on any atom is -0.338 e. The molecule has 0 amide bonds. The van der Waals surface area contributed by atoms with Gasteiger partial charge in [0.15, 0.2) is 5.78 Å². The summed E-state index contributed by atoms with van der Waals surface area (Å²) in [6.07, 6.45) is 1.37. The lowest BCUT2D eigenvalue weighted by atomic mass is 9.81. The maximum atomic E-state index is 12.8. The largest absolute Gasteiger partial charge is 0.338 e. The van der Waals surface area contributed by atoms with E-state index in [1.54, 1.807) is 0 Å². The van der Waals surface area contributed by atoms with Crippen LogP contribution in [0.2, 0.25) is 0 Å². The van der Waals surface area contributed by atoms with Crippen molar-refractivity contribution in [2.24, 2.45) is 0 Å². The topological polar surface area (TPSA) is 49.3 Å². The zero-order valence-electron chi connectivity index (χ0n) is 15.6. The van der Waals surface area contributed by atoms with Crippen molar-refractivity contribution in [1.82, 2.24) is 14.9 Å². The normalized spacial score (nSPS) is 20.9. The lowest BCUT2D eigenvalue weighted by molar-refractivity contribution is 0.0962. The molecule has 5 nitrogen and oxygen atoms in total. The van der Waals surface area contributed by atoms with Gasteiger partial charge in [-0.05, 0) is 31.4 Å². The van der Waals surface area contributed by atoms with E-state index < -0.39 is 0 Å². The summed E-state index contributed by atoms with van der Waals surface area (Å²) in [5, 5.41) is 0. The number of anilines is 1. The van der Waals surface area contributed by atoms with E-state index in [-0.39, 0.29) is 11.7 Å². The summed E-state index contributed by atoms with van der Waals surface area (Å²) in [5.74, 6) is 1.19. The number of benzene rings is 1. The second kappa shape index (κ2) is 7.16. The molecule has 26 heavy (non-hydrogen) atoms. The highest BCUT2D eigenvalue weighted by Gasteiger charge is 2.30. The van der Waals surface area contributed by atoms with Gasteiger partial charge in [0.2, 0.25) is 5.95 Å². The van der Waals surface area contributed by atoms with E-state index in [4.69, 9.17) is 4.98 Å². The summed E-state index contributed by atoms with van der Waals surface area (Å²) >= 11 is 0. The summed E-state index contributed by atoms with van der Waals surface area (Å²) in [7, 11) is 0. The first-order valence-corrected chi connectivity index (χ1v) is 9.58. The fourth-order valence-electron chi connectivity index (χ4n) is 4.12. The van der Waals surface area contributed by atoms with Gasteiger partial charge in [-0.3, -0.25) is 4.79 Å². The molecule has 2 aromatic rings. The molecule has 4 rings (SSSR count). The predicted octanol–water partition coefficient (Wildman–Crippen LogP) is 2.84. The Morgan fingerprint density at radius 3 is 2.46 bits per heavy atom. The van der Waals surface area contributed by atoms with E-state index in [9.17, 15) is 4.79 Å². The van der Waals surface area contributed by atoms with Crippen LogP contribution in [0.15, 0.2) is 30.3 Å². The minimum absolute atomic E-state index is 0.181. The summed E-state index contributed by atoms with van der Waals surface area (Å²) in [6, 6.07) is 10.3. The van der Waals surface area contributed by atoms with E-state index in [0.29, 0.717) is 6.42 Å². The minimum atomic E-state index is 0.181. The lowest BCUT2D eigenvalue weighted by Crippen LogP contribution is -2.47. The third-order valence-corrected chi connectivity index (χ3v) is 5.68. The number of fused-ring (bicyclic) bond motifs is 1. The van der Waals surface area contributed by atoms with Crippen LogP contribution in [0.25, 0.3) is 0 Å². The number of ketones is 1. The van der Waals surface area contributed by atoms with Crippen LogP contribution in [-0.2, 0) is 6.42 Å². The number of likely N-dealkylation sites (N-methyl/N-ethyl adjacent to an activating group) is 1. The van der Waals surface area contributed by atoms with Crippen LogP contribution in [0.5, 0.6) is 0 Å². The molecule has 1 unspecified atom stereocenters. The van der Waals surface area contributed by atoms with Crippen LogP contribution < -0.4 is 4.90 Å². The SMILES string of the molecule is CCN1CCN(c2nc(C)c3c(n2)CC(c2ccccc2)CC3=O)CC1. The molecule has 2 aliphatic rings. The maximum Gasteiger partial charge on any atom is 0.225 e. The number of hydrogen-bond acceptors (Lipinski definition) is 5. The molecule has 1 aliphatic heterocycles. The van der Waals surface area contributed by atoms with Crippen molar-refractivity contribution in [3.8, 4) is 0 Å². The smallest absolute Gasteiger partial charge is 0.225 e. The average Bonchev–Trinajstić information content (AvgIpc) is 2.68. The Morgan fingerprint density at radius 2 is 1.77 bits per heavy atom. The molecule has 136 valence electrons. The van der Waals surface area contributed by atoms with Crippen LogP contribution in [0.1, 0.15) is 46.6 Å². The van der Waals surface area contributed by atoms with Crippen LogP contribution >= 0.6 is 0 Å². The zero-order valence-corrected chi connectivity index (χ0v) is 15.6. The Labute approximate surface area is 155 Å². The first kappa shape index (κ1) is 17.2. The Balaban J connectivity index is 1.62. The van der Waals surface area contributed by atoms with Crippen molar-refractivity contribution in [2.75, 3.05) is 37.6 Å². The highest BCUT2D eigenvalue weighted by Crippen LogP contribution is 2.33. The van der Waals surface area contributed by atoms with Crippen molar-refractivity contribution in [2.45, 2.75) is 32.6 Å². The van der Waals surface area contributed by atoms with Crippen molar-refractivity contribution < 1.29 is 4.79 Å². The average molecular weight is 350 g/mol. The number of carbonyl (C=O) groups excluding carboxylic acids is 1. The summed E-state index contributed by atoms with van der Waals surface area (Å²) in [6.45, 7) is 9.22. The van der Waals surface area contributed by atoms with Crippen molar-refractivity contribution >= 4 is 11.7 Å². The van der Waals surface area contributed by atoms with Crippen molar-refractivity contribution in [3.05, 3.63) is 52.8 Å². The van der Waals surface area contributed by atoms with E-state index in [0.717, 1.165) is 62.0 Å². The van der Waals surface area contributed by atoms with E-state index in [1.165, 1.54) is 5.56 Å². The highest BCUT2D eigenvalue weighted by atomic mass is 16.1. The molecular weight excluding hydrogens is 324 g/mol. The van der Waals surface area contributed by atoms with Gasteiger partial charge in [-0.2, -0.15) is 0 Å². The third-order valence-electron chi connectivity index (χ3n) is 5.68. The fourth-order valence-corrected chi connectivity index (χ4v) is 4.12. The van der Waals surface area contributed by atoms with Crippen LogP contribution in [0.4, 0.5) is 5.95 Å². The fraction of sp³-hybridized carbons (Fsp3) is 0.476. The summed E-state index contributed by atoms with van der Waals surface area (Å²) in [4.78, 5) is 27.0. The van der Waals surface area contributed by atoms with Gasteiger partial charge in [-0.1, -0.05) is 37.3 Å². The van der Waals surface area contributed by atoms with Gasteiger partial charge < -0.3 is 9.80 Å². The van der Waals surface area contributed by atoms with Gasteiger partial charge in [-0.25, -0.2) is 9.97 Å². The van der Waals surface area contributed by atoms with Gasteiger partial charge in [0, 0.05) is 32.6 Å². The quantitative estimate of drug-likeness (QED) is 0.852. The zero-order chi connectivity index (χ0) is 18.1. The molecule has 1 aromatic heterocycles. The standard InChI is InChI=1S/C21H26N4O/c1-3-24-9-11-25(12-10-24)21-22-15(2)20-18(23-21)13-17(14-19(20)26)16-7-5-4-6-8-16/h4-8,17H,3,9-14H2,1-2H3. The second-order valence-electron chi connectivity index (χ2n) is 7.29. The summed E-state index contributed by atoms with van der Waals surface area (Å²) < 4.78 is 0. The number of piperazine rings is 1. The molecule has 1 aliphatic carbocycles. The van der Waals surface area contributed by atoms with Crippen molar-refractivity contribution in [1.29, 1.82) is 0 Å². The number of aromatic nitrogens is 2. The molecular formula is C21H26N4O. The molecule has 0 spiro atoms. The number of carbonyl (C=O) groups is 1. The number of aryl methyl sites for hydroxylation is 1. The van der Waals surface area contributed by atoms with Gasteiger partial charge >= 0.3 is 0 Å². The highest BCUT2D eigenvalue weighted by molar-refractivity contribution is 5.99. The maximum absolute atomic E-state index is 12.8. The lowest BCUT2D eigenvalue weighted by Gasteiger charge is -2.35. The second-order valence-corrected chi connectivity index (χ2v) is 7.29. The van der Waals surface area contributed by atoms with Crippen LogP contribution in [-0.4, -0.2) is 53.4 Å². The van der Waals surface area contributed by atoms with E-state index in [1.807, 2.05) is 25.1 Å². The molecule has 0 saturated carbocycles. The van der Waals surface area contributed by atoms with E-state index in [2.05, 4.69) is 33.8 Å². The Bertz CT molecular complexity index is 797. The molecule has 5 heteroatoms. The third kappa shape index (κ3) is 3.23. The number of Topliss-reactive ketones (excluding diaryl/α,β-unsaturated/α-hetero) is 1. The van der Waals surface area contributed by atoms with Gasteiger partial charge in [0.25, 0.3) is 0 Å². The van der Waals surface area contributed by atoms with Crippen molar-refractivity contribution in [3.63, 3.8) is 0 Å². The van der Waals surface area contributed by atoms with Gasteiger partial charge in [-0.15, -0.1) is 0 Å². The number of rotatable bonds is 3. The molecule has 0 radical (unpaired) electrons. The Morgan fingerprint density at radius 1 is 1.04 bits per heavy atom. The van der Waals surface area contributed by atoms with E-state index >= 15 is 0 Å². The number of hydrogen-bond donors (Lipinski definition) is 0. The first-order chi connectivity index (χ1) is 12.7. The predicted molar refractivity (Wildman–Crippen MR) is 103 cm³/mol. The monoisotopic (exact) mass is 350 g/mol. The van der Waals surface area contributed by atoms with Gasteiger partial charge in [0.1, 0.15) is 0 Å². The first-order valence-electron chi connectivity index (χ1n) is 9.58. The molecule has 1 saturated heterocycles. The number of nitrogens with zero attached hydrogens (tertiary/aromatic N) is 4. The molecule has 1 atom stereocenters. The molecule has 0 N–H and O–H groups in total.